The zero-order valence-electron chi connectivity index (χ0n) is 16.4. The number of carbonyl (C=O) groups is 2. The maximum atomic E-state index is 12.6. The molecule has 0 spiro atoms. The van der Waals surface area contributed by atoms with Crippen molar-refractivity contribution in [1.29, 1.82) is 0 Å². The summed E-state index contributed by atoms with van der Waals surface area (Å²) < 4.78 is 0. The number of hydrogen-bond acceptors (Lipinski definition) is 5. The second-order valence-electron chi connectivity index (χ2n) is 7.79. The van der Waals surface area contributed by atoms with Gasteiger partial charge in [0.25, 0.3) is 0 Å². The van der Waals surface area contributed by atoms with Gasteiger partial charge in [-0.05, 0) is 24.9 Å². The minimum atomic E-state index is -0.657. The van der Waals surface area contributed by atoms with E-state index in [-0.39, 0.29) is 22.3 Å². The van der Waals surface area contributed by atoms with Gasteiger partial charge in [0.1, 0.15) is 11.1 Å². The summed E-state index contributed by atoms with van der Waals surface area (Å²) in [4.78, 5) is 29.7. The first-order chi connectivity index (χ1) is 14.0. The number of thiol groups is 1. The van der Waals surface area contributed by atoms with Crippen LogP contribution in [0, 0.1) is 11.8 Å². The predicted molar refractivity (Wildman–Crippen MR) is 119 cm³/mol. The van der Waals surface area contributed by atoms with Crippen LogP contribution in [0.25, 0.3) is 6.08 Å². The van der Waals surface area contributed by atoms with E-state index < -0.39 is 12.0 Å². The maximum absolute atomic E-state index is 12.6. The van der Waals surface area contributed by atoms with E-state index in [0.29, 0.717) is 12.1 Å². The van der Waals surface area contributed by atoms with Gasteiger partial charge in [0.2, 0.25) is 11.0 Å². The van der Waals surface area contributed by atoms with Crippen LogP contribution in [0.2, 0.25) is 0 Å². The first-order valence-electron chi connectivity index (χ1n) is 10.1. The number of thioether (sulfide) groups is 1. The molecule has 1 unspecified atom stereocenters. The highest BCUT2D eigenvalue weighted by molar-refractivity contribution is 8.04. The Kier molecular flexibility index (Phi) is 6.20. The largest absolute Gasteiger partial charge is 0.392 e. The maximum Gasteiger partial charge on any atom is 0.236 e. The summed E-state index contributed by atoms with van der Waals surface area (Å²) in [7, 11) is 0. The Hall–Kier alpha value is -1.54. The number of amides is 1. The van der Waals surface area contributed by atoms with Crippen LogP contribution in [0.3, 0.4) is 0 Å². The normalized spacial score (nSPS) is 28.2. The average Bonchev–Trinajstić information content (AvgIpc) is 3.31. The third-order valence-electron chi connectivity index (χ3n) is 5.96. The van der Waals surface area contributed by atoms with Gasteiger partial charge in [-0.2, -0.15) is 0 Å². The summed E-state index contributed by atoms with van der Waals surface area (Å²) in [6.07, 6.45) is 5.13. The molecule has 0 bridgehead atoms. The molecule has 2 fully saturated rings. The number of rotatable bonds is 7. The molecule has 154 valence electrons. The van der Waals surface area contributed by atoms with Gasteiger partial charge in [-0.15, -0.1) is 11.8 Å². The standard InChI is InChI=1S/C22H26N2O3S2/c1-2-16(25)17-20(26)24-18(22(27)28)19(29-21(17)24)15-10-12-23(13-15)11-6-9-14-7-4-3-5-8-14/h3-9,15-17,21,25H,2,10-13H2,1H3,(H,27,28)/t15?,16-,17+,21+/m0/s1. The second kappa shape index (κ2) is 8.68. The number of β-lactam (4-membered cyclic amide) rings is 1. The van der Waals surface area contributed by atoms with Crippen molar-refractivity contribution < 1.29 is 14.7 Å². The van der Waals surface area contributed by atoms with Gasteiger partial charge < -0.3 is 5.11 Å². The molecule has 1 N–H and O–H groups in total. The van der Waals surface area contributed by atoms with Crippen molar-refractivity contribution in [3.8, 4) is 0 Å². The van der Waals surface area contributed by atoms with Crippen molar-refractivity contribution in [3.05, 3.63) is 52.6 Å². The van der Waals surface area contributed by atoms with E-state index in [4.69, 9.17) is 0 Å². The molecule has 0 saturated carbocycles. The number of hydrogen-bond donors (Lipinski definition) is 2. The van der Waals surface area contributed by atoms with Gasteiger partial charge in [-0.25, -0.2) is 0 Å². The van der Waals surface area contributed by atoms with E-state index in [1.54, 1.807) is 16.7 Å². The Balaban J connectivity index is 1.42. The van der Waals surface area contributed by atoms with Crippen LogP contribution >= 0.6 is 24.4 Å². The molecule has 5 nitrogen and oxygen atoms in total. The van der Waals surface area contributed by atoms with Crippen LogP contribution in [-0.4, -0.2) is 57.0 Å². The number of aliphatic hydroxyl groups excluding tert-OH is 1. The molecule has 3 heterocycles. The Morgan fingerprint density at radius 2 is 2.14 bits per heavy atom. The third-order valence-corrected chi connectivity index (χ3v) is 7.70. The molecular weight excluding hydrogens is 404 g/mol. The van der Waals surface area contributed by atoms with Gasteiger partial charge in [-0.3, -0.25) is 19.4 Å². The fourth-order valence-electron chi connectivity index (χ4n) is 4.38. The van der Waals surface area contributed by atoms with Crippen LogP contribution in [0.5, 0.6) is 0 Å². The van der Waals surface area contributed by atoms with E-state index in [0.717, 1.165) is 31.0 Å². The van der Waals surface area contributed by atoms with Gasteiger partial charge in [0, 0.05) is 23.9 Å². The summed E-state index contributed by atoms with van der Waals surface area (Å²) in [6.45, 7) is 4.55. The minimum Gasteiger partial charge on any atom is -0.392 e. The van der Waals surface area contributed by atoms with Crippen LogP contribution in [0.1, 0.15) is 25.3 Å². The lowest BCUT2D eigenvalue weighted by Crippen LogP contribution is -2.61. The van der Waals surface area contributed by atoms with Gasteiger partial charge in [0.15, 0.2) is 0 Å². The van der Waals surface area contributed by atoms with E-state index in [9.17, 15) is 14.7 Å². The van der Waals surface area contributed by atoms with Crippen LogP contribution in [0.4, 0.5) is 0 Å². The quantitative estimate of drug-likeness (QED) is 0.514. The molecule has 1 aromatic carbocycles. The predicted octanol–water partition coefficient (Wildman–Crippen LogP) is 2.99. The van der Waals surface area contributed by atoms with E-state index in [1.165, 1.54) is 5.56 Å². The average molecular weight is 431 g/mol. The zero-order valence-corrected chi connectivity index (χ0v) is 18.1. The molecule has 4 atom stereocenters. The number of benzene rings is 1. The molecular formula is C22H26N2O3S2. The Labute approximate surface area is 181 Å². The SMILES string of the molecule is CC[C@H](O)[C@@H]1C(=O)N2C(C(=O)S)=C(C3CCN(CC=Cc4ccccc4)C3)S[C@H]12. The highest BCUT2D eigenvalue weighted by Gasteiger charge is 2.58. The van der Waals surface area contributed by atoms with Crippen molar-refractivity contribution in [1.82, 2.24) is 9.80 Å². The topological polar surface area (TPSA) is 60.9 Å². The number of fused-ring (bicyclic) bond motifs is 1. The van der Waals surface area contributed by atoms with Crippen LogP contribution < -0.4 is 0 Å². The van der Waals surface area contributed by atoms with E-state index >= 15 is 0 Å². The molecule has 0 radical (unpaired) electrons. The molecule has 0 aromatic heterocycles. The zero-order chi connectivity index (χ0) is 20.5. The summed E-state index contributed by atoms with van der Waals surface area (Å²) in [5, 5.41) is 9.69. The monoisotopic (exact) mass is 430 g/mol. The molecule has 29 heavy (non-hydrogen) atoms. The lowest BCUT2D eigenvalue weighted by atomic mass is 9.89. The molecule has 1 amide bonds. The number of likely N-dealkylation sites (tertiary alicyclic amines) is 1. The molecule has 4 rings (SSSR count). The third kappa shape index (κ3) is 3.93. The second-order valence-corrected chi connectivity index (χ2v) is 9.36. The molecule has 3 aliphatic rings. The number of nitrogens with zero attached hydrogens (tertiary/aromatic N) is 2. The first kappa shape index (κ1) is 20.7. The van der Waals surface area contributed by atoms with Crippen LogP contribution in [0.15, 0.2) is 47.0 Å². The lowest BCUT2D eigenvalue weighted by Gasteiger charge is -2.44. The van der Waals surface area contributed by atoms with Crippen molar-refractivity contribution >= 4 is 41.5 Å². The molecule has 2 saturated heterocycles. The number of carbonyl (C=O) groups excluding carboxylic acids is 2. The van der Waals surface area contributed by atoms with Gasteiger partial charge in [0.05, 0.1) is 12.0 Å². The summed E-state index contributed by atoms with van der Waals surface area (Å²) in [5.74, 6) is -0.338. The van der Waals surface area contributed by atoms with Crippen molar-refractivity contribution in [3.63, 3.8) is 0 Å². The molecule has 1 aromatic rings. The highest BCUT2D eigenvalue weighted by Crippen LogP contribution is 2.54. The Morgan fingerprint density at radius 3 is 2.83 bits per heavy atom. The molecule has 7 heteroatoms. The van der Waals surface area contributed by atoms with Crippen molar-refractivity contribution in [2.75, 3.05) is 19.6 Å². The lowest BCUT2D eigenvalue weighted by molar-refractivity contribution is -0.154. The van der Waals surface area contributed by atoms with Gasteiger partial charge in [-0.1, -0.05) is 62.0 Å². The highest BCUT2D eigenvalue weighted by atomic mass is 32.2. The van der Waals surface area contributed by atoms with Crippen molar-refractivity contribution in [2.45, 2.75) is 31.2 Å². The Morgan fingerprint density at radius 1 is 1.38 bits per heavy atom. The summed E-state index contributed by atoms with van der Waals surface area (Å²) in [5.41, 5.74) is 1.63. The van der Waals surface area contributed by atoms with Gasteiger partial charge >= 0.3 is 0 Å². The fourth-order valence-corrected chi connectivity index (χ4v) is 6.39. The van der Waals surface area contributed by atoms with E-state index in [2.05, 4.69) is 41.8 Å². The van der Waals surface area contributed by atoms with Crippen LogP contribution in [-0.2, 0) is 9.59 Å². The number of aliphatic hydroxyl groups is 1. The van der Waals surface area contributed by atoms with Crippen molar-refractivity contribution in [2.24, 2.45) is 11.8 Å². The smallest absolute Gasteiger partial charge is 0.236 e. The molecule has 0 aliphatic carbocycles. The Bertz CT molecular complexity index is 855. The minimum absolute atomic E-state index is 0.148. The summed E-state index contributed by atoms with van der Waals surface area (Å²) >= 11 is 5.63. The summed E-state index contributed by atoms with van der Waals surface area (Å²) in [6, 6.07) is 10.2. The first-order valence-corrected chi connectivity index (χ1v) is 11.4. The molecule has 3 aliphatic heterocycles. The van der Waals surface area contributed by atoms with E-state index in [1.807, 2.05) is 25.1 Å². The fraction of sp³-hybridized carbons (Fsp3) is 0.455.